The summed E-state index contributed by atoms with van der Waals surface area (Å²) in [5.74, 6) is 2.29. The van der Waals surface area contributed by atoms with Crippen molar-refractivity contribution in [1.82, 2.24) is 0 Å². The summed E-state index contributed by atoms with van der Waals surface area (Å²) in [5, 5.41) is 9.61. The van der Waals surface area contributed by atoms with E-state index in [1.807, 2.05) is 24.3 Å². The minimum absolute atomic E-state index is 0.486. The summed E-state index contributed by atoms with van der Waals surface area (Å²) in [6.07, 6.45) is 1.81. The van der Waals surface area contributed by atoms with Gasteiger partial charge in [0.25, 0.3) is 0 Å². The highest BCUT2D eigenvalue weighted by Gasteiger charge is 2.15. The van der Waals surface area contributed by atoms with Gasteiger partial charge in [-0.2, -0.15) is 5.26 Å². The lowest BCUT2D eigenvalue weighted by Crippen LogP contribution is -1.96. The van der Waals surface area contributed by atoms with E-state index in [1.165, 1.54) is 0 Å². The Balaban J connectivity index is 2.54. The van der Waals surface area contributed by atoms with E-state index in [0.29, 0.717) is 28.4 Å². The fourth-order valence-corrected chi connectivity index (χ4v) is 3.12. The van der Waals surface area contributed by atoms with E-state index in [-0.39, 0.29) is 0 Å². The predicted molar refractivity (Wildman–Crippen MR) is 105 cm³/mol. The molecule has 0 saturated carbocycles. The number of ether oxygens (including phenoxy) is 4. The lowest BCUT2D eigenvalue weighted by molar-refractivity contribution is 0.324. The smallest absolute Gasteiger partial charge is 0.203 e. The Morgan fingerprint density at radius 1 is 0.920 bits per heavy atom. The highest BCUT2D eigenvalue weighted by atomic mass is 127. The maximum Gasteiger partial charge on any atom is 0.203 e. The van der Waals surface area contributed by atoms with Crippen molar-refractivity contribution >= 4 is 34.2 Å². The Kier molecular flexibility index (Phi) is 6.53. The molecular weight excluding hydrogens is 433 g/mol. The molecule has 130 valence electrons. The van der Waals surface area contributed by atoms with Gasteiger partial charge in [0.1, 0.15) is 5.75 Å². The molecule has 0 N–H and O–H groups in total. The molecule has 0 spiro atoms. The Morgan fingerprint density at radius 2 is 1.52 bits per heavy atom. The Hall–Kier alpha value is -2.40. The molecule has 0 saturated heterocycles. The standard InChI is InChI=1S/C19H18INO4/c1-22-16-6-5-12(8-15(16)20)7-14(11-21)13-9-17(23-2)19(25-4)18(10-13)24-3/h5-10H,1-4H3/b14-7+. The molecule has 0 aliphatic heterocycles. The van der Waals surface area contributed by atoms with Gasteiger partial charge in [0, 0.05) is 0 Å². The van der Waals surface area contributed by atoms with Crippen LogP contribution in [0.3, 0.4) is 0 Å². The summed E-state index contributed by atoms with van der Waals surface area (Å²) in [4.78, 5) is 0. The number of nitrogens with zero attached hydrogens (tertiary/aromatic N) is 1. The molecule has 0 fully saturated rings. The van der Waals surface area contributed by atoms with Crippen LogP contribution in [0.1, 0.15) is 11.1 Å². The molecule has 0 amide bonds. The van der Waals surface area contributed by atoms with Crippen molar-refractivity contribution in [1.29, 1.82) is 5.26 Å². The molecule has 0 radical (unpaired) electrons. The first kappa shape index (κ1) is 18.9. The van der Waals surface area contributed by atoms with Crippen molar-refractivity contribution in [2.45, 2.75) is 0 Å². The van der Waals surface area contributed by atoms with E-state index in [2.05, 4.69) is 28.7 Å². The molecule has 5 nitrogen and oxygen atoms in total. The van der Waals surface area contributed by atoms with Gasteiger partial charge in [-0.3, -0.25) is 0 Å². The van der Waals surface area contributed by atoms with Crippen molar-refractivity contribution in [3.05, 3.63) is 45.0 Å². The molecule has 25 heavy (non-hydrogen) atoms. The van der Waals surface area contributed by atoms with Crippen LogP contribution in [-0.4, -0.2) is 28.4 Å². The number of hydrogen-bond donors (Lipinski definition) is 0. The Morgan fingerprint density at radius 3 is 1.96 bits per heavy atom. The monoisotopic (exact) mass is 451 g/mol. The minimum atomic E-state index is 0.486. The normalized spacial score (nSPS) is 10.8. The van der Waals surface area contributed by atoms with E-state index < -0.39 is 0 Å². The van der Waals surface area contributed by atoms with Crippen molar-refractivity contribution in [3.63, 3.8) is 0 Å². The van der Waals surface area contributed by atoms with E-state index in [9.17, 15) is 5.26 Å². The zero-order valence-corrected chi connectivity index (χ0v) is 16.6. The summed E-state index contributed by atoms with van der Waals surface area (Å²) in [5.41, 5.74) is 2.07. The van der Waals surface area contributed by atoms with Crippen LogP contribution in [0.25, 0.3) is 11.6 Å². The molecule has 0 aromatic heterocycles. The quantitative estimate of drug-likeness (QED) is 0.371. The zero-order chi connectivity index (χ0) is 18.4. The number of allylic oxidation sites excluding steroid dienone is 1. The van der Waals surface area contributed by atoms with Gasteiger partial charge in [0.05, 0.1) is 43.7 Å². The lowest BCUT2D eigenvalue weighted by Gasteiger charge is -2.14. The van der Waals surface area contributed by atoms with Crippen LogP contribution < -0.4 is 18.9 Å². The number of methoxy groups -OCH3 is 4. The summed E-state index contributed by atoms with van der Waals surface area (Å²) in [7, 11) is 6.26. The highest BCUT2D eigenvalue weighted by molar-refractivity contribution is 14.1. The van der Waals surface area contributed by atoms with E-state index in [4.69, 9.17) is 18.9 Å². The SMILES string of the molecule is COc1ccc(/C=C(\C#N)c2cc(OC)c(OC)c(OC)c2)cc1I. The second kappa shape index (κ2) is 8.62. The second-order valence-corrected chi connectivity index (χ2v) is 6.14. The largest absolute Gasteiger partial charge is 0.496 e. The first-order valence-corrected chi connectivity index (χ1v) is 8.41. The van der Waals surface area contributed by atoms with Crippen LogP contribution in [0.5, 0.6) is 23.0 Å². The molecule has 0 aliphatic carbocycles. The Bertz CT molecular complexity index is 815. The van der Waals surface area contributed by atoms with Crippen molar-refractivity contribution in [3.8, 4) is 29.1 Å². The molecule has 2 rings (SSSR count). The summed E-state index contributed by atoms with van der Waals surface area (Å²) < 4.78 is 22.3. The third-order valence-corrected chi connectivity index (χ3v) is 4.43. The number of benzene rings is 2. The van der Waals surface area contributed by atoms with Gasteiger partial charge in [-0.1, -0.05) is 6.07 Å². The van der Waals surface area contributed by atoms with E-state index >= 15 is 0 Å². The number of nitriles is 1. The molecule has 0 atom stereocenters. The lowest BCUT2D eigenvalue weighted by atomic mass is 10.0. The van der Waals surface area contributed by atoms with E-state index in [1.54, 1.807) is 40.6 Å². The maximum atomic E-state index is 9.61. The number of halogens is 1. The molecular formula is C19H18INO4. The summed E-state index contributed by atoms with van der Waals surface area (Å²) in [6, 6.07) is 11.5. The van der Waals surface area contributed by atoms with Crippen molar-refractivity contribution in [2.24, 2.45) is 0 Å². The molecule has 0 unspecified atom stereocenters. The van der Waals surface area contributed by atoms with Crippen LogP contribution in [-0.2, 0) is 0 Å². The molecule has 2 aromatic carbocycles. The minimum Gasteiger partial charge on any atom is -0.496 e. The first-order valence-electron chi connectivity index (χ1n) is 7.33. The van der Waals surface area contributed by atoms with Gasteiger partial charge in [-0.05, 0) is 64.1 Å². The van der Waals surface area contributed by atoms with Crippen LogP contribution in [0.15, 0.2) is 30.3 Å². The predicted octanol–water partition coefficient (Wildman–Crippen LogP) is 4.39. The third-order valence-electron chi connectivity index (χ3n) is 3.58. The van der Waals surface area contributed by atoms with Crippen LogP contribution in [0, 0.1) is 14.9 Å². The third kappa shape index (κ3) is 4.17. The first-order chi connectivity index (χ1) is 12.1. The Labute approximate surface area is 160 Å². The summed E-state index contributed by atoms with van der Waals surface area (Å²) in [6.45, 7) is 0. The van der Waals surface area contributed by atoms with Gasteiger partial charge in [0.2, 0.25) is 5.75 Å². The van der Waals surface area contributed by atoms with Gasteiger partial charge >= 0.3 is 0 Å². The zero-order valence-electron chi connectivity index (χ0n) is 14.4. The fourth-order valence-electron chi connectivity index (χ4n) is 2.36. The van der Waals surface area contributed by atoms with Crippen LogP contribution in [0.2, 0.25) is 0 Å². The molecule has 0 bridgehead atoms. The average molecular weight is 451 g/mol. The highest BCUT2D eigenvalue weighted by Crippen LogP contribution is 2.40. The fraction of sp³-hybridized carbons (Fsp3) is 0.211. The van der Waals surface area contributed by atoms with Gasteiger partial charge < -0.3 is 18.9 Å². The van der Waals surface area contributed by atoms with E-state index in [0.717, 1.165) is 14.9 Å². The molecule has 2 aromatic rings. The van der Waals surface area contributed by atoms with Crippen LogP contribution in [0.4, 0.5) is 0 Å². The maximum absolute atomic E-state index is 9.61. The van der Waals surface area contributed by atoms with Gasteiger partial charge in [-0.25, -0.2) is 0 Å². The molecule has 6 heteroatoms. The number of rotatable bonds is 6. The average Bonchev–Trinajstić information content (AvgIpc) is 2.64. The van der Waals surface area contributed by atoms with Crippen molar-refractivity contribution < 1.29 is 18.9 Å². The molecule has 0 heterocycles. The summed E-state index contributed by atoms with van der Waals surface area (Å²) >= 11 is 2.20. The van der Waals surface area contributed by atoms with Crippen LogP contribution >= 0.6 is 22.6 Å². The topological polar surface area (TPSA) is 60.7 Å². The second-order valence-electron chi connectivity index (χ2n) is 4.98. The van der Waals surface area contributed by atoms with Gasteiger partial charge in [-0.15, -0.1) is 0 Å². The number of hydrogen-bond acceptors (Lipinski definition) is 5. The molecule has 0 aliphatic rings. The van der Waals surface area contributed by atoms with Crippen molar-refractivity contribution in [2.75, 3.05) is 28.4 Å². The van der Waals surface area contributed by atoms with Gasteiger partial charge in [0.15, 0.2) is 11.5 Å².